The Hall–Kier alpha value is -1.35. The second kappa shape index (κ2) is 7.29. The van der Waals surface area contributed by atoms with Gasteiger partial charge in [-0.25, -0.2) is 0 Å². The molecule has 1 rings (SSSR count). The molecule has 0 spiro atoms. The maximum Gasteiger partial charge on any atom is 0.315 e. The standard InChI is InChI=1S/C16H24O3/c1-6-18-10-14(16(17)19-7-2)15-12(4)8-11(3)9-13(15)5/h8-9,14H,6-7,10H2,1-5H3. The molecule has 3 heteroatoms. The number of carbonyl (C=O) groups is 1. The lowest BCUT2D eigenvalue weighted by Gasteiger charge is -2.20. The van der Waals surface area contributed by atoms with Crippen molar-refractivity contribution in [1.82, 2.24) is 0 Å². The summed E-state index contributed by atoms with van der Waals surface area (Å²) in [7, 11) is 0. The second-order valence-electron chi connectivity index (χ2n) is 4.78. The van der Waals surface area contributed by atoms with E-state index in [2.05, 4.69) is 19.1 Å². The van der Waals surface area contributed by atoms with E-state index >= 15 is 0 Å². The molecule has 1 atom stereocenters. The first-order valence-corrected chi connectivity index (χ1v) is 6.83. The fourth-order valence-electron chi connectivity index (χ4n) is 2.49. The molecule has 0 amide bonds. The average Bonchev–Trinajstić information content (AvgIpc) is 2.32. The van der Waals surface area contributed by atoms with Crippen molar-refractivity contribution in [3.05, 3.63) is 34.4 Å². The zero-order valence-corrected chi connectivity index (χ0v) is 12.6. The van der Waals surface area contributed by atoms with Gasteiger partial charge in [0.1, 0.15) is 5.92 Å². The summed E-state index contributed by atoms with van der Waals surface area (Å²) in [4.78, 5) is 12.1. The van der Waals surface area contributed by atoms with Crippen LogP contribution >= 0.6 is 0 Å². The smallest absolute Gasteiger partial charge is 0.315 e. The lowest BCUT2D eigenvalue weighted by atomic mass is 9.90. The van der Waals surface area contributed by atoms with E-state index in [0.717, 1.165) is 16.7 Å². The summed E-state index contributed by atoms with van der Waals surface area (Å²) >= 11 is 0. The van der Waals surface area contributed by atoms with Crippen molar-refractivity contribution in [2.24, 2.45) is 0 Å². The van der Waals surface area contributed by atoms with Crippen molar-refractivity contribution >= 4 is 5.97 Å². The highest BCUT2D eigenvalue weighted by Crippen LogP contribution is 2.27. The van der Waals surface area contributed by atoms with E-state index in [0.29, 0.717) is 19.8 Å². The number of aryl methyl sites for hydroxylation is 3. The van der Waals surface area contributed by atoms with Crippen molar-refractivity contribution in [2.75, 3.05) is 19.8 Å². The van der Waals surface area contributed by atoms with Gasteiger partial charge in [-0.15, -0.1) is 0 Å². The Morgan fingerprint density at radius 2 is 1.68 bits per heavy atom. The van der Waals surface area contributed by atoms with E-state index < -0.39 is 0 Å². The van der Waals surface area contributed by atoms with Gasteiger partial charge in [0.05, 0.1) is 13.2 Å². The molecule has 0 saturated heterocycles. The van der Waals surface area contributed by atoms with E-state index in [1.165, 1.54) is 5.56 Å². The van der Waals surface area contributed by atoms with Gasteiger partial charge >= 0.3 is 5.97 Å². The monoisotopic (exact) mass is 264 g/mol. The number of ether oxygens (including phenoxy) is 2. The molecule has 0 bridgehead atoms. The van der Waals surface area contributed by atoms with Crippen LogP contribution in [0.5, 0.6) is 0 Å². The molecule has 0 aliphatic carbocycles. The summed E-state index contributed by atoms with van der Waals surface area (Å²) in [6.45, 7) is 11.2. The van der Waals surface area contributed by atoms with Crippen LogP contribution in [0.1, 0.15) is 42.0 Å². The molecule has 0 N–H and O–H groups in total. The summed E-state index contributed by atoms with van der Waals surface area (Å²) in [5.41, 5.74) is 4.49. The molecule has 0 saturated carbocycles. The van der Waals surface area contributed by atoms with Crippen LogP contribution in [0.2, 0.25) is 0 Å². The Kier molecular flexibility index (Phi) is 6.03. The van der Waals surface area contributed by atoms with E-state index in [9.17, 15) is 4.79 Å². The minimum atomic E-state index is -0.333. The molecular weight excluding hydrogens is 240 g/mol. The van der Waals surface area contributed by atoms with Gasteiger partial charge in [0.15, 0.2) is 0 Å². The molecular formula is C16H24O3. The van der Waals surface area contributed by atoms with Crippen LogP contribution < -0.4 is 0 Å². The molecule has 0 heterocycles. The lowest BCUT2D eigenvalue weighted by Crippen LogP contribution is -2.23. The summed E-state index contributed by atoms with van der Waals surface area (Å²) in [5.74, 6) is -0.536. The van der Waals surface area contributed by atoms with Crippen LogP contribution in [-0.2, 0) is 14.3 Å². The highest BCUT2D eigenvalue weighted by molar-refractivity contribution is 5.79. The van der Waals surface area contributed by atoms with Crippen LogP contribution in [-0.4, -0.2) is 25.8 Å². The third kappa shape index (κ3) is 4.06. The van der Waals surface area contributed by atoms with Gasteiger partial charge in [-0.05, 0) is 51.3 Å². The van der Waals surface area contributed by atoms with E-state index in [4.69, 9.17) is 9.47 Å². The fraction of sp³-hybridized carbons (Fsp3) is 0.562. The van der Waals surface area contributed by atoms with Crippen molar-refractivity contribution in [3.63, 3.8) is 0 Å². The molecule has 0 aliphatic heterocycles. The van der Waals surface area contributed by atoms with Gasteiger partial charge in [0.25, 0.3) is 0 Å². The first kappa shape index (κ1) is 15.7. The van der Waals surface area contributed by atoms with Gasteiger partial charge in [-0.3, -0.25) is 4.79 Å². The molecule has 19 heavy (non-hydrogen) atoms. The average molecular weight is 264 g/mol. The van der Waals surface area contributed by atoms with Crippen molar-refractivity contribution < 1.29 is 14.3 Å². The minimum absolute atomic E-state index is 0.203. The van der Waals surface area contributed by atoms with Crippen molar-refractivity contribution in [3.8, 4) is 0 Å². The zero-order chi connectivity index (χ0) is 14.4. The van der Waals surface area contributed by atoms with Gasteiger partial charge in [0, 0.05) is 6.61 Å². The Balaban J connectivity index is 3.13. The lowest BCUT2D eigenvalue weighted by molar-refractivity contribution is -0.146. The van der Waals surface area contributed by atoms with Crippen LogP contribution in [0.4, 0.5) is 0 Å². The molecule has 1 unspecified atom stereocenters. The third-order valence-corrected chi connectivity index (χ3v) is 3.15. The summed E-state index contributed by atoms with van der Waals surface area (Å²) in [6, 6.07) is 4.20. The third-order valence-electron chi connectivity index (χ3n) is 3.15. The summed E-state index contributed by atoms with van der Waals surface area (Å²) < 4.78 is 10.6. The maximum atomic E-state index is 12.1. The van der Waals surface area contributed by atoms with E-state index in [-0.39, 0.29) is 11.9 Å². The van der Waals surface area contributed by atoms with Gasteiger partial charge in [-0.2, -0.15) is 0 Å². The van der Waals surface area contributed by atoms with Gasteiger partial charge in [0.2, 0.25) is 0 Å². The SMILES string of the molecule is CCOCC(C(=O)OCC)c1c(C)cc(C)cc1C. The Morgan fingerprint density at radius 1 is 1.11 bits per heavy atom. The molecule has 1 aromatic carbocycles. The maximum absolute atomic E-state index is 12.1. The fourth-order valence-corrected chi connectivity index (χ4v) is 2.49. The van der Waals surface area contributed by atoms with Gasteiger partial charge in [-0.1, -0.05) is 17.7 Å². The van der Waals surface area contributed by atoms with Crippen molar-refractivity contribution in [2.45, 2.75) is 40.5 Å². The number of esters is 1. The summed E-state index contributed by atoms with van der Waals surface area (Å²) in [5, 5.41) is 0. The largest absolute Gasteiger partial charge is 0.465 e. The Morgan fingerprint density at radius 3 is 2.16 bits per heavy atom. The predicted molar refractivity (Wildman–Crippen MR) is 76.5 cm³/mol. The summed E-state index contributed by atoms with van der Waals surface area (Å²) in [6.07, 6.45) is 0. The second-order valence-corrected chi connectivity index (χ2v) is 4.78. The molecule has 0 radical (unpaired) electrons. The quantitative estimate of drug-likeness (QED) is 0.740. The van der Waals surface area contributed by atoms with E-state index in [1.807, 2.05) is 27.7 Å². The predicted octanol–water partition coefficient (Wildman–Crippen LogP) is 3.30. The molecule has 106 valence electrons. The topological polar surface area (TPSA) is 35.5 Å². The molecule has 0 aliphatic rings. The van der Waals surface area contributed by atoms with Crippen LogP contribution in [0.25, 0.3) is 0 Å². The zero-order valence-electron chi connectivity index (χ0n) is 12.6. The first-order chi connectivity index (χ1) is 9.01. The number of rotatable bonds is 6. The Labute approximate surface area is 115 Å². The molecule has 3 nitrogen and oxygen atoms in total. The van der Waals surface area contributed by atoms with Crippen LogP contribution in [0.3, 0.4) is 0 Å². The minimum Gasteiger partial charge on any atom is -0.465 e. The number of benzene rings is 1. The molecule has 0 aromatic heterocycles. The van der Waals surface area contributed by atoms with Crippen LogP contribution in [0, 0.1) is 20.8 Å². The molecule has 1 aromatic rings. The van der Waals surface area contributed by atoms with Crippen LogP contribution in [0.15, 0.2) is 12.1 Å². The highest BCUT2D eigenvalue weighted by atomic mass is 16.5. The van der Waals surface area contributed by atoms with E-state index in [1.54, 1.807) is 0 Å². The number of carbonyl (C=O) groups excluding carboxylic acids is 1. The van der Waals surface area contributed by atoms with Gasteiger partial charge < -0.3 is 9.47 Å². The first-order valence-electron chi connectivity index (χ1n) is 6.83. The Bertz CT molecular complexity index is 415. The van der Waals surface area contributed by atoms with Crippen molar-refractivity contribution in [1.29, 1.82) is 0 Å². The number of hydrogen-bond donors (Lipinski definition) is 0. The normalized spacial score (nSPS) is 12.3. The number of hydrogen-bond acceptors (Lipinski definition) is 3. The highest BCUT2D eigenvalue weighted by Gasteiger charge is 2.25. The molecule has 0 fully saturated rings.